The van der Waals surface area contributed by atoms with Crippen LogP contribution in [0.2, 0.25) is 4.34 Å². The van der Waals surface area contributed by atoms with E-state index in [1.165, 1.54) is 17.5 Å². The quantitative estimate of drug-likeness (QED) is 0.761. The van der Waals surface area contributed by atoms with Crippen molar-refractivity contribution in [2.45, 2.75) is 25.3 Å². The Hall–Kier alpha value is -2.12. The lowest BCUT2D eigenvalue weighted by Gasteiger charge is -2.06. The van der Waals surface area contributed by atoms with Gasteiger partial charge in [-0.15, -0.1) is 11.3 Å². The van der Waals surface area contributed by atoms with E-state index < -0.39 is 0 Å². The minimum atomic E-state index is -0.324. The van der Waals surface area contributed by atoms with E-state index in [2.05, 4.69) is 15.4 Å². The molecule has 0 radical (unpaired) electrons. The second-order valence-corrected chi connectivity index (χ2v) is 7.17. The number of hydrogen-bond donors (Lipinski definition) is 1. The normalized spacial score (nSPS) is 14.1. The molecule has 4 rings (SSSR count). The second kappa shape index (κ2) is 5.82. The third-order valence-electron chi connectivity index (χ3n) is 3.57. The molecule has 0 unspecified atom stereocenters. The van der Waals surface area contributed by atoms with Gasteiger partial charge < -0.3 is 9.73 Å². The van der Waals surface area contributed by atoms with Crippen LogP contribution in [0.15, 0.2) is 35.0 Å². The number of oxazole rings is 1. The molecule has 0 saturated heterocycles. The summed E-state index contributed by atoms with van der Waals surface area (Å²) in [7, 11) is 0. The largest absolute Gasteiger partial charge is 0.435 e. The predicted octanol–water partition coefficient (Wildman–Crippen LogP) is 3.76. The van der Waals surface area contributed by atoms with E-state index >= 15 is 0 Å². The molecule has 0 spiro atoms. The number of carbonyl (C=O) groups excluding carboxylic acids is 1. The van der Waals surface area contributed by atoms with E-state index in [1.54, 1.807) is 16.9 Å². The van der Waals surface area contributed by atoms with Gasteiger partial charge in [0.1, 0.15) is 5.82 Å². The van der Waals surface area contributed by atoms with E-state index in [0.717, 1.165) is 22.1 Å². The molecular formula is C15H13ClN4O2S. The van der Waals surface area contributed by atoms with Crippen LogP contribution in [0.1, 0.15) is 40.1 Å². The van der Waals surface area contributed by atoms with Crippen molar-refractivity contribution in [1.29, 1.82) is 0 Å². The van der Waals surface area contributed by atoms with Crippen LogP contribution in [-0.2, 0) is 6.54 Å². The first kappa shape index (κ1) is 14.5. The average molecular weight is 349 g/mol. The number of nitrogens with one attached hydrogen (secondary N) is 1. The Morgan fingerprint density at radius 2 is 2.30 bits per heavy atom. The van der Waals surface area contributed by atoms with Gasteiger partial charge in [0.15, 0.2) is 5.89 Å². The van der Waals surface area contributed by atoms with Gasteiger partial charge in [0, 0.05) is 16.9 Å². The van der Waals surface area contributed by atoms with E-state index in [9.17, 15) is 4.79 Å². The Morgan fingerprint density at radius 1 is 1.43 bits per heavy atom. The zero-order valence-corrected chi connectivity index (χ0v) is 13.6. The van der Waals surface area contributed by atoms with Crippen molar-refractivity contribution in [3.63, 3.8) is 0 Å². The third-order valence-corrected chi connectivity index (χ3v) is 4.78. The molecule has 1 aliphatic rings. The van der Waals surface area contributed by atoms with Crippen LogP contribution in [0.4, 0.5) is 5.82 Å². The summed E-state index contributed by atoms with van der Waals surface area (Å²) in [5, 5.41) is 7.04. The Bertz CT molecular complexity index is 849. The minimum absolute atomic E-state index is 0.221. The molecule has 1 N–H and O–H groups in total. The standard InChI is InChI=1S/C15H13ClN4O2S/c16-12-4-3-10(23-12)8-20-13(5-6-18-20)19-14(21)11-7-17-15(22-11)9-1-2-9/h3-7,9H,1-2,8H2,(H,19,21). The van der Waals surface area contributed by atoms with Crippen LogP contribution in [-0.4, -0.2) is 20.7 Å². The van der Waals surface area contributed by atoms with Gasteiger partial charge in [-0.2, -0.15) is 5.10 Å². The summed E-state index contributed by atoms with van der Waals surface area (Å²) in [4.78, 5) is 17.5. The topological polar surface area (TPSA) is 73.0 Å². The molecule has 0 aliphatic heterocycles. The number of rotatable bonds is 5. The monoisotopic (exact) mass is 348 g/mol. The molecule has 3 aromatic heterocycles. The van der Waals surface area contributed by atoms with E-state index in [1.807, 2.05) is 12.1 Å². The van der Waals surface area contributed by atoms with Gasteiger partial charge in [-0.25, -0.2) is 9.67 Å². The minimum Gasteiger partial charge on any atom is -0.435 e. The fraction of sp³-hybridized carbons (Fsp3) is 0.267. The lowest BCUT2D eigenvalue weighted by molar-refractivity contribution is 0.0994. The van der Waals surface area contributed by atoms with Gasteiger partial charge >= 0.3 is 0 Å². The van der Waals surface area contributed by atoms with Crippen LogP contribution >= 0.6 is 22.9 Å². The molecule has 3 aromatic rings. The highest BCUT2D eigenvalue weighted by Crippen LogP contribution is 2.39. The fourth-order valence-electron chi connectivity index (χ4n) is 2.24. The van der Waals surface area contributed by atoms with Crippen molar-refractivity contribution in [1.82, 2.24) is 14.8 Å². The molecule has 1 saturated carbocycles. The summed E-state index contributed by atoms with van der Waals surface area (Å²) in [6, 6.07) is 5.53. The van der Waals surface area contributed by atoms with Crippen molar-refractivity contribution in [3.05, 3.63) is 51.5 Å². The third kappa shape index (κ3) is 3.16. The summed E-state index contributed by atoms with van der Waals surface area (Å²) in [5.74, 6) is 1.53. The van der Waals surface area contributed by atoms with E-state index in [0.29, 0.717) is 24.2 Å². The second-order valence-electron chi connectivity index (χ2n) is 5.37. The molecule has 8 heteroatoms. The number of anilines is 1. The Labute approximate surface area is 141 Å². The average Bonchev–Trinajstić information content (AvgIpc) is 2.94. The van der Waals surface area contributed by atoms with Crippen molar-refractivity contribution >= 4 is 34.7 Å². The van der Waals surface area contributed by atoms with Gasteiger partial charge in [-0.3, -0.25) is 4.79 Å². The highest BCUT2D eigenvalue weighted by atomic mass is 35.5. The number of halogens is 1. The maximum absolute atomic E-state index is 12.3. The summed E-state index contributed by atoms with van der Waals surface area (Å²) in [5.41, 5.74) is 0. The van der Waals surface area contributed by atoms with Crippen LogP contribution in [0.3, 0.4) is 0 Å². The van der Waals surface area contributed by atoms with Gasteiger partial charge in [-0.1, -0.05) is 11.6 Å². The Balaban J connectivity index is 1.47. The van der Waals surface area contributed by atoms with Crippen molar-refractivity contribution in [2.24, 2.45) is 0 Å². The zero-order valence-electron chi connectivity index (χ0n) is 12.0. The summed E-state index contributed by atoms with van der Waals surface area (Å²) < 4.78 is 7.95. The van der Waals surface area contributed by atoms with E-state index in [4.69, 9.17) is 16.0 Å². The van der Waals surface area contributed by atoms with Crippen LogP contribution < -0.4 is 5.32 Å². The van der Waals surface area contributed by atoms with Crippen molar-refractivity contribution in [3.8, 4) is 0 Å². The van der Waals surface area contributed by atoms with Crippen LogP contribution in [0.5, 0.6) is 0 Å². The van der Waals surface area contributed by atoms with E-state index in [-0.39, 0.29) is 11.7 Å². The fourth-order valence-corrected chi connectivity index (χ4v) is 3.31. The lowest BCUT2D eigenvalue weighted by atomic mass is 10.4. The molecule has 1 amide bonds. The number of nitrogens with zero attached hydrogens (tertiary/aromatic N) is 3. The molecule has 0 bridgehead atoms. The molecular weight excluding hydrogens is 336 g/mol. The number of hydrogen-bond acceptors (Lipinski definition) is 5. The van der Waals surface area contributed by atoms with Gasteiger partial charge in [-0.05, 0) is 25.0 Å². The summed E-state index contributed by atoms with van der Waals surface area (Å²) in [6.45, 7) is 0.545. The summed E-state index contributed by atoms with van der Waals surface area (Å²) >= 11 is 7.42. The molecule has 0 aromatic carbocycles. The van der Waals surface area contributed by atoms with Crippen molar-refractivity contribution in [2.75, 3.05) is 5.32 Å². The first-order valence-electron chi connectivity index (χ1n) is 7.22. The molecule has 23 heavy (non-hydrogen) atoms. The number of carbonyl (C=O) groups is 1. The highest BCUT2D eigenvalue weighted by Gasteiger charge is 2.29. The Kier molecular flexibility index (Phi) is 3.66. The molecule has 6 nitrogen and oxygen atoms in total. The zero-order chi connectivity index (χ0) is 15.8. The summed E-state index contributed by atoms with van der Waals surface area (Å²) in [6.07, 6.45) is 5.28. The number of thiophene rings is 1. The number of aromatic nitrogens is 3. The molecule has 1 fully saturated rings. The van der Waals surface area contributed by atoms with Crippen LogP contribution in [0, 0.1) is 0 Å². The highest BCUT2D eigenvalue weighted by molar-refractivity contribution is 7.16. The first-order valence-corrected chi connectivity index (χ1v) is 8.41. The molecule has 118 valence electrons. The smallest absolute Gasteiger partial charge is 0.294 e. The van der Waals surface area contributed by atoms with Crippen LogP contribution in [0.25, 0.3) is 0 Å². The van der Waals surface area contributed by atoms with Crippen molar-refractivity contribution < 1.29 is 9.21 Å². The maximum Gasteiger partial charge on any atom is 0.294 e. The molecule has 1 aliphatic carbocycles. The first-order chi connectivity index (χ1) is 11.2. The molecule has 0 atom stereocenters. The predicted molar refractivity (Wildman–Crippen MR) is 87.1 cm³/mol. The maximum atomic E-state index is 12.3. The van der Waals surface area contributed by atoms with Gasteiger partial charge in [0.2, 0.25) is 5.76 Å². The lowest BCUT2D eigenvalue weighted by Crippen LogP contribution is -2.15. The molecule has 3 heterocycles. The SMILES string of the molecule is O=C(Nc1ccnn1Cc1ccc(Cl)s1)c1cnc(C2CC2)o1. The van der Waals surface area contributed by atoms with Gasteiger partial charge in [0.25, 0.3) is 5.91 Å². The van der Waals surface area contributed by atoms with Gasteiger partial charge in [0.05, 0.1) is 23.3 Å². The number of amides is 1. The Morgan fingerprint density at radius 3 is 3.04 bits per heavy atom.